The number of nitrogens with one attached hydrogen (secondary N) is 2. The maximum Gasteiger partial charge on any atom is 0.231 e. The highest BCUT2D eigenvalue weighted by molar-refractivity contribution is 14.0. The van der Waals surface area contributed by atoms with Gasteiger partial charge in [-0.1, -0.05) is 18.2 Å². The summed E-state index contributed by atoms with van der Waals surface area (Å²) in [6, 6.07) is 14.3. The number of guanidine groups is 1. The van der Waals surface area contributed by atoms with Crippen LogP contribution in [0, 0.1) is 0 Å². The van der Waals surface area contributed by atoms with Crippen LogP contribution in [0.25, 0.3) is 0 Å². The number of fused-ring (bicyclic) bond motifs is 1. The molecule has 0 spiro atoms. The van der Waals surface area contributed by atoms with Gasteiger partial charge in [0.05, 0.1) is 13.2 Å². The first-order valence-corrected chi connectivity index (χ1v) is 9.24. The number of rotatable bonds is 7. The SMILES string of the molecule is CN=C(NCc1ccc2c(c1)OCO2)NCC(c1ccc(OC)cc1)N(C)C.I. The van der Waals surface area contributed by atoms with E-state index in [4.69, 9.17) is 14.2 Å². The van der Waals surface area contributed by atoms with Crippen molar-refractivity contribution < 1.29 is 14.2 Å². The second-order valence-corrected chi connectivity index (χ2v) is 6.75. The molecule has 7 nitrogen and oxygen atoms in total. The molecule has 0 radical (unpaired) electrons. The molecule has 0 bridgehead atoms. The number of ether oxygens (including phenoxy) is 3. The van der Waals surface area contributed by atoms with E-state index < -0.39 is 0 Å². The lowest BCUT2D eigenvalue weighted by Gasteiger charge is -2.26. The number of hydrogen-bond donors (Lipinski definition) is 2. The van der Waals surface area contributed by atoms with Crippen LogP contribution < -0.4 is 24.8 Å². The molecule has 2 N–H and O–H groups in total. The Hall–Kier alpha value is -2.20. The largest absolute Gasteiger partial charge is 0.497 e. The molecular weight excluding hydrogens is 483 g/mol. The Labute approximate surface area is 189 Å². The van der Waals surface area contributed by atoms with Crippen LogP contribution in [0.5, 0.6) is 17.2 Å². The van der Waals surface area contributed by atoms with Gasteiger partial charge in [-0.3, -0.25) is 4.99 Å². The van der Waals surface area contributed by atoms with Crippen LogP contribution in [0.3, 0.4) is 0 Å². The summed E-state index contributed by atoms with van der Waals surface area (Å²) in [5.74, 6) is 3.18. The molecule has 0 saturated carbocycles. The van der Waals surface area contributed by atoms with Crippen molar-refractivity contribution in [2.45, 2.75) is 12.6 Å². The van der Waals surface area contributed by atoms with Crippen molar-refractivity contribution in [2.75, 3.05) is 41.6 Å². The van der Waals surface area contributed by atoms with Crippen LogP contribution in [0.15, 0.2) is 47.5 Å². The highest BCUT2D eigenvalue weighted by Crippen LogP contribution is 2.32. The van der Waals surface area contributed by atoms with E-state index in [0.717, 1.165) is 35.3 Å². The van der Waals surface area contributed by atoms with E-state index in [-0.39, 0.29) is 36.8 Å². The predicted octanol–water partition coefficient (Wildman–Crippen LogP) is 3.01. The minimum atomic E-state index is 0. The average Bonchev–Trinajstić information content (AvgIpc) is 3.18. The third-order valence-electron chi connectivity index (χ3n) is 4.71. The average molecular weight is 512 g/mol. The van der Waals surface area contributed by atoms with Gasteiger partial charge >= 0.3 is 0 Å². The molecule has 8 heteroatoms. The molecule has 1 aliphatic heterocycles. The summed E-state index contributed by atoms with van der Waals surface area (Å²) in [6.45, 7) is 1.65. The quantitative estimate of drug-likeness (QED) is 0.338. The van der Waals surface area contributed by atoms with Crippen LogP contribution in [-0.4, -0.2) is 52.4 Å². The Morgan fingerprint density at radius 2 is 1.83 bits per heavy atom. The molecule has 0 aromatic heterocycles. The zero-order valence-electron chi connectivity index (χ0n) is 17.3. The molecule has 0 aliphatic carbocycles. The van der Waals surface area contributed by atoms with E-state index in [1.165, 1.54) is 5.56 Å². The van der Waals surface area contributed by atoms with Crippen molar-refractivity contribution in [1.29, 1.82) is 0 Å². The number of hydrogen-bond acceptors (Lipinski definition) is 5. The fourth-order valence-corrected chi connectivity index (χ4v) is 3.08. The molecule has 1 heterocycles. The van der Waals surface area contributed by atoms with E-state index in [9.17, 15) is 0 Å². The van der Waals surface area contributed by atoms with Gasteiger partial charge in [0.2, 0.25) is 6.79 Å². The molecule has 0 saturated heterocycles. The Morgan fingerprint density at radius 3 is 2.48 bits per heavy atom. The van der Waals surface area contributed by atoms with Crippen LogP contribution in [-0.2, 0) is 6.54 Å². The lowest BCUT2D eigenvalue weighted by atomic mass is 10.1. The fourth-order valence-electron chi connectivity index (χ4n) is 3.08. The molecule has 2 aromatic carbocycles. The molecule has 158 valence electrons. The molecule has 29 heavy (non-hydrogen) atoms. The zero-order valence-corrected chi connectivity index (χ0v) is 19.6. The van der Waals surface area contributed by atoms with E-state index in [1.54, 1.807) is 14.2 Å². The van der Waals surface area contributed by atoms with Crippen LogP contribution >= 0.6 is 24.0 Å². The maximum absolute atomic E-state index is 5.43. The summed E-state index contributed by atoms with van der Waals surface area (Å²) >= 11 is 0. The second-order valence-electron chi connectivity index (χ2n) is 6.75. The highest BCUT2D eigenvalue weighted by Gasteiger charge is 2.16. The molecule has 1 aliphatic rings. The third kappa shape index (κ3) is 6.14. The van der Waals surface area contributed by atoms with Gasteiger partial charge in [-0.05, 0) is 49.5 Å². The summed E-state index contributed by atoms with van der Waals surface area (Å²) < 4.78 is 16.0. The number of methoxy groups -OCH3 is 1. The molecule has 2 aromatic rings. The third-order valence-corrected chi connectivity index (χ3v) is 4.71. The van der Waals surface area contributed by atoms with Gasteiger partial charge in [0.1, 0.15) is 5.75 Å². The standard InChI is InChI=1S/C21H28N4O3.HI/c1-22-21(23-12-15-5-10-19-20(11-15)28-14-27-19)24-13-18(25(2)3)16-6-8-17(26-4)9-7-16;/h5-11,18H,12-14H2,1-4H3,(H2,22,23,24);1H. The van der Waals surface area contributed by atoms with Gasteiger partial charge in [0.15, 0.2) is 17.5 Å². The second kappa shape index (κ2) is 11.1. The number of halogens is 1. The van der Waals surface area contributed by atoms with E-state index in [2.05, 4.69) is 46.8 Å². The highest BCUT2D eigenvalue weighted by atomic mass is 127. The van der Waals surface area contributed by atoms with Gasteiger partial charge in [-0.25, -0.2) is 0 Å². The minimum absolute atomic E-state index is 0. The van der Waals surface area contributed by atoms with Crippen molar-refractivity contribution in [1.82, 2.24) is 15.5 Å². The first-order chi connectivity index (χ1) is 13.6. The van der Waals surface area contributed by atoms with Gasteiger partial charge in [0, 0.05) is 20.1 Å². The van der Waals surface area contributed by atoms with Crippen LogP contribution in [0.2, 0.25) is 0 Å². The minimum Gasteiger partial charge on any atom is -0.497 e. The summed E-state index contributed by atoms with van der Waals surface area (Å²) in [6.07, 6.45) is 0. The number of likely N-dealkylation sites (N-methyl/N-ethyl adjacent to an activating group) is 1. The summed E-state index contributed by atoms with van der Waals surface area (Å²) in [7, 11) is 7.58. The Morgan fingerprint density at radius 1 is 1.10 bits per heavy atom. The smallest absolute Gasteiger partial charge is 0.231 e. The van der Waals surface area contributed by atoms with E-state index in [1.807, 2.05) is 30.3 Å². The molecular formula is C21H29IN4O3. The van der Waals surface area contributed by atoms with Gasteiger partial charge < -0.3 is 29.7 Å². The molecule has 0 fully saturated rings. The van der Waals surface area contributed by atoms with Gasteiger partial charge in [-0.2, -0.15) is 0 Å². The Kier molecular flexibility index (Phi) is 8.84. The fraction of sp³-hybridized carbons (Fsp3) is 0.381. The summed E-state index contributed by atoms with van der Waals surface area (Å²) in [5.41, 5.74) is 2.32. The molecule has 0 amide bonds. The van der Waals surface area contributed by atoms with Crippen LogP contribution in [0.4, 0.5) is 0 Å². The summed E-state index contributed by atoms with van der Waals surface area (Å²) in [5, 5.41) is 6.76. The van der Waals surface area contributed by atoms with Crippen molar-refractivity contribution in [3.63, 3.8) is 0 Å². The Bertz CT molecular complexity index is 812. The maximum atomic E-state index is 5.43. The van der Waals surface area contributed by atoms with Gasteiger partial charge in [-0.15, -0.1) is 24.0 Å². The van der Waals surface area contributed by atoms with Crippen molar-refractivity contribution in [3.8, 4) is 17.2 Å². The molecule has 1 atom stereocenters. The van der Waals surface area contributed by atoms with Crippen LogP contribution in [0.1, 0.15) is 17.2 Å². The molecule has 1 unspecified atom stereocenters. The molecule has 3 rings (SSSR count). The number of nitrogens with zero attached hydrogens (tertiary/aromatic N) is 2. The van der Waals surface area contributed by atoms with Crippen molar-refractivity contribution in [3.05, 3.63) is 53.6 Å². The predicted molar refractivity (Wildman–Crippen MR) is 126 cm³/mol. The zero-order chi connectivity index (χ0) is 19.9. The lowest BCUT2D eigenvalue weighted by molar-refractivity contribution is 0.174. The first kappa shape index (κ1) is 23.1. The lowest BCUT2D eigenvalue weighted by Crippen LogP contribution is -2.41. The monoisotopic (exact) mass is 512 g/mol. The first-order valence-electron chi connectivity index (χ1n) is 9.24. The van der Waals surface area contributed by atoms with Gasteiger partial charge in [0.25, 0.3) is 0 Å². The normalized spacial score (nSPS) is 13.6. The number of benzene rings is 2. The van der Waals surface area contributed by atoms with E-state index in [0.29, 0.717) is 6.54 Å². The van der Waals surface area contributed by atoms with E-state index >= 15 is 0 Å². The van der Waals surface area contributed by atoms with Crippen molar-refractivity contribution in [2.24, 2.45) is 4.99 Å². The number of aliphatic imine (C=N–C) groups is 1. The van der Waals surface area contributed by atoms with Crippen molar-refractivity contribution >= 4 is 29.9 Å². The Balaban J connectivity index is 0.00000300. The topological polar surface area (TPSA) is 67.4 Å². The summed E-state index contributed by atoms with van der Waals surface area (Å²) in [4.78, 5) is 6.51.